The molecule has 1 amide bonds. The van der Waals surface area contributed by atoms with Crippen LogP contribution in [0.5, 0.6) is 11.5 Å². The van der Waals surface area contributed by atoms with Crippen LogP contribution < -0.4 is 4.74 Å². The van der Waals surface area contributed by atoms with Gasteiger partial charge in [-0.3, -0.25) is 4.79 Å². The van der Waals surface area contributed by atoms with Gasteiger partial charge in [-0.2, -0.15) is 10.1 Å². The molecule has 3 aromatic rings. The zero-order valence-electron chi connectivity index (χ0n) is 16.6. The fraction of sp³-hybridized carbons (Fsp3) is 0.0417. The molecule has 0 unspecified atom stereocenters. The lowest BCUT2D eigenvalue weighted by atomic mass is 10.2. The number of hydrogen-bond donors (Lipinski definition) is 1. The molecule has 0 spiro atoms. The van der Waals surface area contributed by atoms with Gasteiger partial charge in [-0.1, -0.05) is 60.1 Å². The van der Waals surface area contributed by atoms with E-state index in [1.165, 1.54) is 24.4 Å². The van der Waals surface area contributed by atoms with Crippen LogP contribution in [0.25, 0.3) is 6.08 Å². The zero-order valence-corrected chi connectivity index (χ0v) is 17.3. The molecule has 3 aromatic carbocycles. The summed E-state index contributed by atoms with van der Waals surface area (Å²) in [6.07, 6.45) is 3.16. The topological polar surface area (TPSA) is 74.5 Å². The highest BCUT2D eigenvalue weighted by molar-refractivity contribution is 6.32. The molecule has 1 aliphatic rings. The van der Waals surface area contributed by atoms with Gasteiger partial charge in [0.15, 0.2) is 17.3 Å². The summed E-state index contributed by atoms with van der Waals surface area (Å²) in [5.74, 6) is 0.369. The SMILES string of the molecule is COc1cc(/C=N/N2C(=O)C(=Cc3ccccc3Cl)N=C2c2ccccc2)ccc1O. The van der Waals surface area contributed by atoms with Crippen LogP contribution in [0, 0.1) is 0 Å². The number of ether oxygens (including phenoxy) is 1. The van der Waals surface area contributed by atoms with Crippen LogP contribution in [0.15, 0.2) is 88.6 Å². The van der Waals surface area contributed by atoms with E-state index in [-0.39, 0.29) is 17.4 Å². The molecule has 1 heterocycles. The number of benzene rings is 3. The van der Waals surface area contributed by atoms with E-state index in [2.05, 4.69) is 10.1 Å². The van der Waals surface area contributed by atoms with Crippen molar-refractivity contribution < 1.29 is 14.6 Å². The van der Waals surface area contributed by atoms with Gasteiger partial charge in [-0.05, 0) is 41.5 Å². The average Bonchev–Trinajstić information content (AvgIpc) is 3.10. The van der Waals surface area contributed by atoms with Crippen LogP contribution in [-0.2, 0) is 4.79 Å². The van der Waals surface area contributed by atoms with Crippen LogP contribution in [-0.4, -0.2) is 35.2 Å². The first-order chi connectivity index (χ1) is 15.1. The summed E-state index contributed by atoms with van der Waals surface area (Å²) >= 11 is 6.24. The van der Waals surface area contributed by atoms with Gasteiger partial charge in [-0.25, -0.2) is 4.99 Å². The number of phenolic OH excluding ortho intramolecular Hbond substituents is 1. The van der Waals surface area contributed by atoms with Crippen molar-refractivity contribution >= 4 is 35.6 Å². The van der Waals surface area contributed by atoms with E-state index in [0.717, 1.165) is 5.56 Å². The number of hydrazone groups is 1. The first kappa shape index (κ1) is 20.4. The van der Waals surface area contributed by atoms with Crippen LogP contribution in [0.3, 0.4) is 0 Å². The monoisotopic (exact) mass is 431 g/mol. The maximum absolute atomic E-state index is 13.1. The minimum absolute atomic E-state index is 0.0217. The van der Waals surface area contributed by atoms with Crippen molar-refractivity contribution in [2.24, 2.45) is 10.1 Å². The molecule has 0 aromatic heterocycles. The van der Waals surface area contributed by atoms with E-state index >= 15 is 0 Å². The third kappa shape index (κ3) is 4.34. The molecule has 154 valence electrons. The Morgan fingerprint density at radius 3 is 2.55 bits per heavy atom. The van der Waals surface area contributed by atoms with Gasteiger partial charge in [0.1, 0.15) is 5.70 Å². The third-order valence-corrected chi connectivity index (χ3v) is 4.94. The molecule has 0 bridgehead atoms. The Kier molecular flexibility index (Phi) is 5.82. The highest BCUT2D eigenvalue weighted by Crippen LogP contribution is 2.27. The number of phenols is 1. The Hall–Kier alpha value is -3.90. The van der Waals surface area contributed by atoms with Crippen LogP contribution in [0.1, 0.15) is 16.7 Å². The summed E-state index contributed by atoms with van der Waals surface area (Å²) in [6, 6.07) is 21.4. The lowest BCUT2D eigenvalue weighted by molar-refractivity contribution is -0.122. The predicted molar refractivity (Wildman–Crippen MR) is 122 cm³/mol. The molecule has 0 saturated carbocycles. The molecule has 7 heteroatoms. The van der Waals surface area contributed by atoms with Gasteiger partial charge in [-0.15, -0.1) is 0 Å². The maximum atomic E-state index is 13.1. The van der Waals surface area contributed by atoms with Gasteiger partial charge < -0.3 is 9.84 Å². The van der Waals surface area contributed by atoms with Gasteiger partial charge in [0.25, 0.3) is 5.91 Å². The van der Waals surface area contributed by atoms with Crippen LogP contribution in [0.4, 0.5) is 0 Å². The van der Waals surface area contributed by atoms with Crippen LogP contribution >= 0.6 is 11.6 Å². The quantitative estimate of drug-likeness (QED) is 0.469. The second-order valence-corrected chi connectivity index (χ2v) is 7.05. The summed E-state index contributed by atoms with van der Waals surface area (Å²) in [7, 11) is 1.46. The standard InChI is InChI=1S/C24H18ClN3O3/c1-31-22-13-16(11-12-21(22)29)15-26-28-23(17-7-3-2-4-8-17)27-20(24(28)30)14-18-9-5-6-10-19(18)25/h2-15,29H,1H3/b20-14?,26-15+. The minimum Gasteiger partial charge on any atom is -0.504 e. The number of amidine groups is 1. The second-order valence-electron chi connectivity index (χ2n) is 6.65. The molecule has 0 atom stereocenters. The lowest BCUT2D eigenvalue weighted by Gasteiger charge is -2.12. The van der Waals surface area contributed by atoms with E-state index < -0.39 is 0 Å². The molecule has 0 saturated heterocycles. The Balaban J connectivity index is 1.73. The minimum atomic E-state index is -0.374. The van der Waals surface area contributed by atoms with Gasteiger partial charge in [0.05, 0.1) is 13.3 Å². The Morgan fingerprint density at radius 1 is 1.06 bits per heavy atom. The summed E-state index contributed by atoms with van der Waals surface area (Å²) in [6.45, 7) is 0. The summed E-state index contributed by atoms with van der Waals surface area (Å²) in [5, 5.41) is 15.9. The molecule has 1 N–H and O–H groups in total. The highest BCUT2D eigenvalue weighted by Gasteiger charge is 2.31. The van der Waals surface area contributed by atoms with E-state index in [1.807, 2.05) is 48.5 Å². The molecule has 1 aliphatic heterocycles. The zero-order chi connectivity index (χ0) is 21.8. The van der Waals surface area contributed by atoms with Gasteiger partial charge >= 0.3 is 0 Å². The molecule has 4 rings (SSSR count). The van der Waals surface area contributed by atoms with E-state index in [0.29, 0.717) is 27.7 Å². The number of carbonyl (C=O) groups is 1. The summed E-state index contributed by atoms with van der Waals surface area (Å²) in [5.41, 5.74) is 2.32. The predicted octanol–water partition coefficient (Wildman–Crippen LogP) is 4.72. The van der Waals surface area contributed by atoms with Gasteiger partial charge in [0, 0.05) is 10.6 Å². The summed E-state index contributed by atoms with van der Waals surface area (Å²) < 4.78 is 5.13. The van der Waals surface area contributed by atoms with E-state index in [9.17, 15) is 9.90 Å². The molecular formula is C24H18ClN3O3. The number of nitrogens with zero attached hydrogens (tertiary/aromatic N) is 3. The lowest BCUT2D eigenvalue weighted by Crippen LogP contribution is -2.27. The number of hydrogen-bond acceptors (Lipinski definition) is 5. The number of carbonyl (C=O) groups excluding carboxylic acids is 1. The van der Waals surface area contributed by atoms with E-state index in [1.54, 1.807) is 24.3 Å². The van der Waals surface area contributed by atoms with Crippen molar-refractivity contribution in [1.82, 2.24) is 5.01 Å². The van der Waals surface area contributed by atoms with E-state index in [4.69, 9.17) is 16.3 Å². The van der Waals surface area contributed by atoms with Crippen molar-refractivity contribution in [3.05, 3.63) is 100 Å². The number of aliphatic imine (C=N–C) groups is 1. The molecular weight excluding hydrogens is 414 g/mol. The maximum Gasteiger partial charge on any atom is 0.298 e. The smallest absolute Gasteiger partial charge is 0.298 e. The first-order valence-corrected chi connectivity index (χ1v) is 9.80. The van der Waals surface area contributed by atoms with Gasteiger partial charge in [0.2, 0.25) is 0 Å². The molecule has 31 heavy (non-hydrogen) atoms. The Morgan fingerprint density at radius 2 is 1.81 bits per heavy atom. The van der Waals surface area contributed by atoms with Crippen LogP contribution in [0.2, 0.25) is 5.02 Å². The summed E-state index contributed by atoms with van der Waals surface area (Å²) in [4.78, 5) is 17.7. The first-order valence-electron chi connectivity index (χ1n) is 9.42. The van der Waals surface area contributed by atoms with Crippen molar-refractivity contribution in [2.75, 3.05) is 7.11 Å². The normalized spacial score (nSPS) is 15.0. The molecule has 6 nitrogen and oxygen atoms in total. The Labute approximate surface area is 184 Å². The molecule has 0 radical (unpaired) electrons. The fourth-order valence-corrected chi connectivity index (χ4v) is 3.22. The number of halogens is 1. The van der Waals surface area contributed by atoms with Crippen molar-refractivity contribution in [1.29, 1.82) is 0 Å². The largest absolute Gasteiger partial charge is 0.504 e. The second kappa shape index (κ2) is 8.85. The van der Waals surface area contributed by atoms with Crippen molar-refractivity contribution in [3.63, 3.8) is 0 Å². The molecule has 0 aliphatic carbocycles. The molecule has 0 fully saturated rings. The van der Waals surface area contributed by atoms with Crippen molar-refractivity contribution in [3.8, 4) is 11.5 Å². The highest BCUT2D eigenvalue weighted by atomic mass is 35.5. The number of amides is 1. The number of aromatic hydroxyl groups is 1. The number of methoxy groups -OCH3 is 1. The number of rotatable bonds is 5. The van der Waals surface area contributed by atoms with Crippen molar-refractivity contribution in [2.45, 2.75) is 0 Å². The Bertz CT molecular complexity index is 1220. The third-order valence-electron chi connectivity index (χ3n) is 4.59. The fourth-order valence-electron chi connectivity index (χ4n) is 3.03. The average molecular weight is 432 g/mol.